The second kappa shape index (κ2) is 7.62. The van der Waals surface area contributed by atoms with E-state index < -0.39 is 15.9 Å². The molecular weight excluding hydrogens is 228 g/mol. The molecule has 0 aliphatic heterocycles. The van der Waals surface area contributed by atoms with E-state index in [1.54, 1.807) is 6.92 Å². The Labute approximate surface area is 98.0 Å². The van der Waals surface area contributed by atoms with Crippen LogP contribution in [0.1, 0.15) is 40.0 Å². The average molecular weight is 250 g/mol. The van der Waals surface area contributed by atoms with E-state index >= 15 is 0 Å². The molecule has 0 aromatic rings. The van der Waals surface area contributed by atoms with Crippen LogP contribution in [0.15, 0.2) is 0 Å². The van der Waals surface area contributed by atoms with Gasteiger partial charge in [-0.1, -0.05) is 20.8 Å². The van der Waals surface area contributed by atoms with Gasteiger partial charge in [-0.05, 0) is 19.4 Å². The normalized spacial score (nSPS) is 11.8. The molecule has 96 valence electrons. The van der Waals surface area contributed by atoms with Crippen molar-refractivity contribution in [2.75, 3.05) is 12.3 Å². The van der Waals surface area contributed by atoms with Crippen molar-refractivity contribution in [2.24, 2.45) is 0 Å². The molecule has 0 aliphatic carbocycles. The summed E-state index contributed by atoms with van der Waals surface area (Å²) in [4.78, 5) is 11.3. The molecule has 0 atom stereocenters. The molecule has 1 amide bonds. The van der Waals surface area contributed by atoms with Gasteiger partial charge in [0.25, 0.3) is 0 Å². The van der Waals surface area contributed by atoms with Crippen LogP contribution in [-0.4, -0.2) is 32.7 Å². The molecule has 0 aromatic heterocycles. The predicted molar refractivity (Wildman–Crippen MR) is 64.6 cm³/mol. The molecule has 0 spiro atoms. The van der Waals surface area contributed by atoms with Crippen molar-refractivity contribution in [1.82, 2.24) is 10.0 Å². The van der Waals surface area contributed by atoms with Crippen molar-refractivity contribution in [3.63, 3.8) is 0 Å². The van der Waals surface area contributed by atoms with Crippen LogP contribution in [0.3, 0.4) is 0 Å². The monoisotopic (exact) mass is 250 g/mol. The third-order valence-corrected chi connectivity index (χ3v) is 3.36. The molecule has 5 nitrogen and oxygen atoms in total. The maximum absolute atomic E-state index is 11.3. The van der Waals surface area contributed by atoms with E-state index in [1.807, 2.05) is 13.8 Å². The molecular formula is C10H22N2O3S. The molecule has 0 saturated heterocycles. The molecule has 0 radical (unpaired) electrons. The van der Waals surface area contributed by atoms with E-state index in [1.165, 1.54) is 0 Å². The Kier molecular flexibility index (Phi) is 7.33. The van der Waals surface area contributed by atoms with E-state index in [2.05, 4.69) is 10.0 Å². The van der Waals surface area contributed by atoms with E-state index in [9.17, 15) is 13.2 Å². The first-order valence-electron chi connectivity index (χ1n) is 5.64. The quantitative estimate of drug-likeness (QED) is 0.619. The SMILES string of the molecule is CCCS(=O)(=O)NC(=O)CCCNC(C)C. The molecule has 0 aromatic carbocycles. The van der Waals surface area contributed by atoms with Gasteiger partial charge in [-0.15, -0.1) is 0 Å². The lowest BCUT2D eigenvalue weighted by atomic mass is 10.3. The summed E-state index contributed by atoms with van der Waals surface area (Å²) in [5.74, 6) is -0.415. The number of carbonyl (C=O) groups excluding carboxylic acids is 1. The topological polar surface area (TPSA) is 75.3 Å². The first-order chi connectivity index (χ1) is 7.37. The van der Waals surface area contributed by atoms with Crippen molar-refractivity contribution in [3.8, 4) is 0 Å². The zero-order valence-electron chi connectivity index (χ0n) is 10.2. The average Bonchev–Trinajstić information content (AvgIpc) is 2.11. The van der Waals surface area contributed by atoms with Gasteiger partial charge in [-0.25, -0.2) is 8.42 Å². The zero-order chi connectivity index (χ0) is 12.6. The van der Waals surface area contributed by atoms with E-state index in [0.717, 1.165) is 6.54 Å². The number of nitrogens with one attached hydrogen (secondary N) is 2. The van der Waals surface area contributed by atoms with Gasteiger partial charge in [-0.2, -0.15) is 0 Å². The zero-order valence-corrected chi connectivity index (χ0v) is 11.1. The lowest BCUT2D eigenvalue weighted by molar-refractivity contribution is -0.119. The van der Waals surface area contributed by atoms with Crippen molar-refractivity contribution >= 4 is 15.9 Å². The molecule has 16 heavy (non-hydrogen) atoms. The Morgan fingerprint density at radius 1 is 1.31 bits per heavy atom. The summed E-state index contributed by atoms with van der Waals surface area (Å²) >= 11 is 0. The molecule has 6 heteroatoms. The van der Waals surface area contributed by atoms with Gasteiger partial charge in [0.05, 0.1) is 5.75 Å². The smallest absolute Gasteiger partial charge is 0.234 e. The van der Waals surface area contributed by atoms with Crippen LogP contribution >= 0.6 is 0 Å². The highest BCUT2D eigenvalue weighted by Gasteiger charge is 2.12. The van der Waals surface area contributed by atoms with Gasteiger partial charge in [0, 0.05) is 12.5 Å². The van der Waals surface area contributed by atoms with Crippen LogP contribution in [-0.2, 0) is 14.8 Å². The van der Waals surface area contributed by atoms with Crippen LogP contribution in [0.5, 0.6) is 0 Å². The van der Waals surface area contributed by atoms with Gasteiger partial charge >= 0.3 is 0 Å². The Bertz CT molecular complexity index is 299. The van der Waals surface area contributed by atoms with Crippen LogP contribution < -0.4 is 10.0 Å². The van der Waals surface area contributed by atoms with Crippen molar-refractivity contribution in [1.29, 1.82) is 0 Å². The van der Waals surface area contributed by atoms with Crippen molar-refractivity contribution in [3.05, 3.63) is 0 Å². The maximum atomic E-state index is 11.3. The lowest BCUT2D eigenvalue weighted by Gasteiger charge is -2.08. The third-order valence-electron chi connectivity index (χ3n) is 1.88. The number of sulfonamides is 1. The molecule has 0 fully saturated rings. The fourth-order valence-electron chi connectivity index (χ4n) is 1.18. The highest BCUT2D eigenvalue weighted by atomic mass is 32.2. The van der Waals surface area contributed by atoms with E-state index in [4.69, 9.17) is 0 Å². The molecule has 0 heterocycles. The Morgan fingerprint density at radius 3 is 2.44 bits per heavy atom. The van der Waals surface area contributed by atoms with Gasteiger partial charge in [-0.3, -0.25) is 9.52 Å². The van der Waals surface area contributed by atoms with Crippen LogP contribution in [0.2, 0.25) is 0 Å². The first-order valence-corrected chi connectivity index (χ1v) is 7.29. The lowest BCUT2D eigenvalue weighted by Crippen LogP contribution is -2.33. The summed E-state index contributed by atoms with van der Waals surface area (Å²) in [7, 11) is -3.40. The standard InChI is InChI=1S/C10H22N2O3S/c1-4-8-16(14,15)12-10(13)6-5-7-11-9(2)3/h9,11H,4-8H2,1-3H3,(H,12,13). The van der Waals surface area contributed by atoms with Crippen molar-refractivity contribution < 1.29 is 13.2 Å². The van der Waals surface area contributed by atoms with Gasteiger partial charge in [0.2, 0.25) is 15.9 Å². The minimum Gasteiger partial charge on any atom is -0.315 e. The number of hydrogen-bond donors (Lipinski definition) is 2. The van der Waals surface area contributed by atoms with E-state index in [0.29, 0.717) is 18.9 Å². The van der Waals surface area contributed by atoms with Crippen LogP contribution in [0.25, 0.3) is 0 Å². The highest BCUT2D eigenvalue weighted by molar-refractivity contribution is 7.90. The molecule has 2 N–H and O–H groups in total. The number of carbonyl (C=O) groups is 1. The van der Waals surface area contributed by atoms with Gasteiger partial charge < -0.3 is 5.32 Å². The maximum Gasteiger partial charge on any atom is 0.234 e. The Balaban J connectivity index is 3.75. The minimum absolute atomic E-state index is 0.00296. The summed E-state index contributed by atoms with van der Waals surface area (Å²) in [6.45, 7) is 6.52. The summed E-state index contributed by atoms with van der Waals surface area (Å²) in [5, 5.41) is 3.16. The molecule has 0 unspecified atom stereocenters. The molecule has 0 saturated carbocycles. The summed E-state index contributed by atoms with van der Waals surface area (Å²) in [6, 6.07) is 0.381. The summed E-state index contributed by atoms with van der Waals surface area (Å²) in [6.07, 6.45) is 1.39. The highest BCUT2D eigenvalue weighted by Crippen LogP contribution is 1.93. The fourth-order valence-corrected chi connectivity index (χ4v) is 2.27. The van der Waals surface area contributed by atoms with Gasteiger partial charge in [0.15, 0.2) is 0 Å². The molecule has 0 rings (SSSR count). The largest absolute Gasteiger partial charge is 0.315 e. The molecule has 0 bridgehead atoms. The predicted octanol–water partition coefficient (Wildman–Crippen LogP) is 0.621. The first kappa shape index (κ1) is 15.4. The minimum atomic E-state index is -3.40. The van der Waals surface area contributed by atoms with E-state index in [-0.39, 0.29) is 12.2 Å². The third kappa shape index (κ3) is 8.67. The number of hydrogen-bond acceptors (Lipinski definition) is 4. The molecule has 0 aliphatic rings. The summed E-state index contributed by atoms with van der Waals surface area (Å²) < 4.78 is 24.5. The summed E-state index contributed by atoms with van der Waals surface area (Å²) in [5.41, 5.74) is 0. The Hall–Kier alpha value is -0.620. The number of rotatable bonds is 8. The second-order valence-electron chi connectivity index (χ2n) is 4.06. The number of amides is 1. The van der Waals surface area contributed by atoms with Gasteiger partial charge in [0.1, 0.15) is 0 Å². The fraction of sp³-hybridized carbons (Fsp3) is 0.900. The van der Waals surface area contributed by atoms with Crippen LogP contribution in [0.4, 0.5) is 0 Å². The second-order valence-corrected chi connectivity index (χ2v) is 5.90. The van der Waals surface area contributed by atoms with Crippen LogP contribution in [0, 0.1) is 0 Å². The van der Waals surface area contributed by atoms with Crippen molar-refractivity contribution in [2.45, 2.75) is 46.1 Å². The Morgan fingerprint density at radius 2 is 1.94 bits per heavy atom.